The Morgan fingerprint density at radius 1 is 0.944 bits per heavy atom. The van der Waals surface area contributed by atoms with Gasteiger partial charge in [0.1, 0.15) is 5.82 Å². The third-order valence-corrected chi connectivity index (χ3v) is 5.41. The second-order valence-corrected chi connectivity index (χ2v) is 7.90. The number of nitrogens with zero attached hydrogens (tertiary/aromatic N) is 3. The van der Waals surface area contributed by atoms with Gasteiger partial charge in [0.25, 0.3) is 5.91 Å². The second-order valence-electron chi connectivity index (χ2n) is 7.90. The molecule has 0 spiro atoms. The Kier molecular flexibility index (Phi) is 7.87. The standard InChI is InChI=1S/C28H27N5O3/c1-19(21-12-9-13-22(16-21)31-27(34)20-10-7-5-4-6-8-11-20)30-25-18-29-17-24(32-25)23-14-15-26(35-2)33-28(23)36-3/h4-19H,1-3H3,(H,30,32)(H,31,34)/b5-4+,6-4?,7-5?,8-6+,10-7-,11-8?,20-10?,20-11+/t19-/m0/s1. The van der Waals surface area contributed by atoms with E-state index in [0.29, 0.717) is 40.1 Å². The topological polar surface area (TPSA) is 98.3 Å². The molecule has 0 unspecified atom stereocenters. The minimum absolute atomic E-state index is 0.101. The van der Waals surface area contributed by atoms with Crippen LogP contribution in [-0.4, -0.2) is 35.1 Å². The minimum atomic E-state index is -0.176. The molecule has 0 radical (unpaired) electrons. The van der Waals surface area contributed by atoms with Gasteiger partial charge in [0.05, 0.1) is 43.9 Å². The number of pyridine rings is 1. The monoisotopic (exact) mass is 481 g/mol. The van der Waals surface area contributed by atoms with Crippen molar-refractivity contribution < 1.29 is 14.3 Å². The summed E-state index contributed by atoms with van der Waals surface area (Å²) in [4.78, 5) is 26.1. The fraction of sp³-hybridized carbons (Fsp3) is 0.143. The van der Waals surface area contributed by atoms with Gasteiger partial charge in [-0.3, -0.25) is 9.78 Å². The van der Waals surface area contributed by atoms with Crippen molar-refractivity contribution in [1.82, 2.24) is 15.0 Å². The van der Waals surface area contributed by atoms with E-state index < -0.39 is 0 Å². The van der Waals surface area contributed by atoms with Gasteiger partial charge in [0, 0.05) is 17.3 Å². The minimum Gasteiger partial charge on any atom is -0.481 e. The van der Waals surface area contributed by atoms with E-state index in [0.717, 1.165) is 5.56 Å². The number of hydrogen-bond acceptors (Lipinski definition) is 7. The van der Waals surface area contributed by atoms with Crippen molar-refractivity contribution in [3.8, 4) is 23.0 Å². The Hall–Kier alpha value is -4.72. The van der Waals surface area contributed by atoms with Gasteiger partial charge in [-0.25, -0.2) is 4.98 Å². The molecule has 36 heavy (non-hydrogen) atoms. The lowest BCUT2D eigenvalue weighted by molar-refractivity contribution is -0.112. The van der Waals surface area contributed by atoms with Crippen LogP contribution in [0, 0.1) is 0 Å². The van der Waals surface area contributed by atoms with Crippen molar-refractivity contribution in [3.63, 3.8) is 0 Å². The zero-order chi connectivity index (χ0) is 25.3. The first-order valence-electron chi connectivity index (χ1n) is 11.4. The summed E-state index contributed by atoms with van der Waals surface area (Å²) in [6.07, 6.45) is 16.2. The number of rotatable bonds is 8. The smallest absolute Gasteiger partial charge is 0.255 e. The van der Waals surface area contributed by atoms with Gasteiger partial charge < -0.3 is 20.1 Å². The summed E-state index contributed by atoms with van der Waals surface area (Å²) < 4.78 is 10.6. The number of hydrogen-bond donors (Lipinski definition) is 2. The van der Waals surface area contributed by atoms with Gasteiger partial charge in [0.15, 0.2) is 0 Å². The van der Waals surface area contributed by atoms with E-state index in [-0.39, 0.29) is 11.9 Å². The van der Waals surface area contributed by atoms with Crippen LogP contribution in [0.15, 0.2) is 96.9 Å². The summed E-state index contributed by atoms with van der Waals surface area (Å²) in [6, 6.07) is 11.2. The number of methoxy groups -OCH3 is 2. The number of anilines is 2. The van der Waals surface area contributed by atoms with Gasteiger partial charge in [0.2, 0.25) is 11.8 Å². The maximum absolute atomic E-state index is 12.7. The highest BCUT2D eigenvalue weighted by atomic mass is 16.5. The van der Waals surface area contributed by atoms with Crippen molar-refractivity contribution in [2.24, 2.45) is 0 Å². The van der Waals surface area contributed by atoms with Crippen LogP contribution in [0.3, 0.4) is 0 Å². The van der Waals surface area contributed by atoms with Gasteiger partial charge in [-0.15, -0.1) is 0 Å². The molecule has 2 aromatic heterocycles. The summed E-state index contributed by atoms with van der Waals surface area (Å²) in [5.41, 5.74) is 3.58. The quantitative estimate of drug-likeness (QED) is 0.452. The third-order valence-electron chi connectivity index (χ3n) is 5.41. The van der Waals surface area contributed by atoms with Crippen molar-refractivity contribution in [2.75, 3.05) is 24.9 Å². The Bertz CT molecular complexity index is 1360. The lowest BCUT2D eigenvalue weighted by Gasteiger charge is -2.17. The van der Waals surface area contributed by atoms with E-state index in [9.17, 15) is 4.79 Å². The number of carbonyl (C=O) groups is 1. The summed E-state index contributed by atoms with van der Waals surface area (Å²) in [7, 11) is 3.10. The molecule has 2 N–H and O–H groups in total. The maximum atomic E-state index is 12.7. The molecule has 1 aliphatic rings. The highest BCUT2D eigenvalue weighted by Crippen LogP contribution is 2.30. The largest absolute Gasteiger partial charge is 0.481 e. The zero-order valence-corrected chi connectivity index (χ0v) is 20.3. The van der Waals surface area contributed by atoms with Crippen LogP contribution >= 0.6 is 0 Å². The predicted octanol–water partition coefficient (Wildman–Crippen LogP) is 5.28. The van der Waals surface area contributed by atoms with Gasteiger partial charge in [-0.1, -0.05) is 42.5 Å². The average molecular weight is 482 g/mol. The number of carbonyl (C=O) groups excluding carboxylic acids is 1. The molecule has 182 valence electrons. The highest BCUT2D eigenvalue weighted by Gasteiger charge is 2.14. The lowest BCUT2D eigenvalue weighted by atomic mass is 10.1. The Morgan fingerprint density at radius 2 is 1.78 bits per heavy atom. The van der Waals surface area contributed by atoms with E-state index in [1.165, 1.54) is 0 Å². The Morgan fingerprint density at radius 3 is 2.61 bits per heavy atom. The highest BCUT2D eigenvalue weighted by molar-refractivity contribution is 6.06. The molecule has 4 rings (SSSR count). The van der Waals surface area contributed by atoms with Crippen LogP contribution in [0.1, 0.15) is 18.5 Å². The molecule has 0 saturated heterocycles. The molecule has 2 heterocycles. The Labute approximate surface area is 210 Å². The molecule has 1 amide bonds. The lowest BCUT2D eigenvalue weighted by Crippen LogP contribution is -2.14. The van der Waals surface area contributed by atoms with E-state index in [4.69, 9.17) is 9.47 Å². The molecule has 0 bridgehead atoms. The third kappa shape index (κ3) is 6.04. The first-order valence-corrected chi connectivity index (χ1v) is 11.4. The van der Waals surface area contributed by atoms with E-state index >= 15 is 0 Å². The SMILES string of the molecule is COc1ccc(-c2cncc(N[C@@H](C)c3cccc(NC(=O)C4=C/C=C/C=C/C=C\4)c3)n2)c(OC)n1. The molecule has 0 saturated carbocycles. The first-order chi connectivity index (χ1) is 17.6. The normalized spacial score (nSPS) is 17.4. The van der Waals surface area contributed by atoms with Crippen molar-refractivity contribution >= 4 is 17.4 Å². The number of ether oxygens (including phenoxy) is 2. The van der Waals surface area contributed by atoms with Crippen LogP contribution in [0.2, 0.25) is 0 Å². The fourth-order valence-electron chi connectivity index (χ4n) is 3.57. The molecule has 1 atom stereocenters. The molecule has 3 aromatic rings. The summed E-state index contributed by atoms with van der Waals surface area (Å²) in [5, 5.41) is 6.34. The predicted molar refractivity (Wildman–Crippen MR) is 141 cm³/mol. The number of amides is 1. The molecule has 1 aromatic carbocycles. The number of benzene rings is 1. The summed E-state index contributed by atoms with van der Waals surface area (Å²) >= 11 is 0. The van der Waals surface area contributed by atoms with Crippen molar-refractivity contribution in [3.05, 3.63) is 102 Å². The van der Waals surface area contributed by atoms with E-state index in [1.54, 1.807) is 44.8 Å². The number of aromatic nitrogens is 3. The van der Waals surface area contributed by atoms with Crippen molar-refractivity contribution in [1.29, 1.82) is 0 Å². The zero-order valence-electron chi connectivity index (χ0n) is 20.3. The van der Waals surface area contributed by atoms with Gasteiger partial charge >= 0.3 is 0 Å². The molecular formula is C28H27N5O3. The van der Waals surface area contributed by atoms with Crippen LogP contribution in [0.25, 0.3) is 11.3 Å². The first kappa shape index (κ1) is 24.4. The second kappa shape index (κ2) is 11.6. The van der Waals surface area contributed by atoms with Crippen LogP contribution < -0.4 is 20.1 Å². The fourth-order valence-corrected chi connectivity index (χ4v) is 3.57. The number of nitrogens with one attached hydrogen (secondary N) is 2. The summed E-state index contributed by atoms with van der Waals surface area (Å²) in [6.45, 7) is 2.02. The maximum Gasteiger partial charge on any atom is 0.255 e. The molecule has 0 fully saturated rings. The van der Waals surface area contributed by atoms with Crippen LogP contribution in [0.5, 0.6) is 11.8 Å². The van der Waals surface area contributed by atoms with Gasteiger partial charge in [-0.2, -0.15) is 4.98 Å². The molecule has 1 aliphatic carbocycles. The summed E-state index contributed by atoms with van der Waals surface area (Å²) in [5.74, 6) is 1.27. The molecule has 0 aliphatic heterocycles. The molecular weight excluding hydrogens is 454 g/mol. The van der Waals surface area contributed by atoms with Crippen LogP contribution in [-0.2, 0) is 4.79 Å². The van der Waals surface area contributed by atoms with Crippen molar-refractivity contribution in [2.45, 2.75) is 13.0 Å². The Balaban J connectivity index is 1.48. The van der Waals surface area contributed by atoms with Gasteiger partial charge in [-0.05, 0) is 42.8 Å². The van der Waals surface area contributed by atoms with E-state index in [1.807, 2.05) is 67.6 Å². The number of allylic oxidation sites excluding steroid dienone is 6. The van der Waals surface area contributed by atoms with Crippen LogP contribution in [0.4, 0.5) is 11.5 Å². The average Bonchev–Trinajstić information content (AvgIpc) is 2.88. The van der Waals surface area contributed by atoms with E-state index in [2.05, 4.69) is 25.6 Å². The molecule has 8 nitrogen and oxygen atoms in total. The molecule has 8 heteroatoms.